The van der Waals surface area contributed by atoms with Crippen LogP contribution in [0.25, 0.3) is 0 Å². The van der Waals surface area contributed by atoms with Crippen molar-refractivity contribution in [1.29, 1.82) is 0 Å². The van der Waals surface area contributed by atoms with Crippen LogP contribution >= 0.6 is 33.9 Å². The van der Waals surface area contributed by atoms with Gasteiger partial charge in [-0.1, -0.05) is 0 Å². The van der Waals surface area contributed by atoms with E-state index >= 15 is 0 Å². The third-order valence-electron chi connectivity index (χ3n) is 2.49. The predicted molar refractivity (Wildman–Crippen MR) is 70.3 cm³/mol. The Morgan fingerprint density at radius 1 is 1.59 bits per heavy atom. The molecule has 1 aliphatic rings. The van der Waals surface area contributed by atoms with Crippen molar-refractivity contribution in [3.05, 3.63) is 19.9 Å². The summed E-state index contributed by atoms with van der Waals surface area (Å²) in [5.74, 6) is -1.26. The van der Waals surface area contributed by atoms with Crippen molar-refractivity contribution in [3.8, 4) is 0 Å². The molecular weight excluding hydrogens is 357 g/mol. The first-order chi connectivity index (χ1) is 8.09. The minimum atomic E-state index is -1.03. The van der Waals surface area contributed by atoms with E-state index in [0.717, 1.165) is 2.88 Å². The van der Waals surface area contributed by atoms with Crippen LogP contribution in [0.1, 0.15) is 10.4 Å². The van der Waals surface area contributed by atoms with Crippen molar-refractivity contribution < 1.29 is 19.4 Å². The maximum atomic E-state index is 12.1. The number of carboxylic acid groups (broad SMARTS) is 1. The molecule has 7 heteroatoms. The fourth-order valence-corrected chi connectivity index (χ4v) is 2.96. The highest BCUT2D eigenvalue weighted by molar-refractivity contribution is 14.1. The first-order valence-electron chi connectivity index (χ1n) is 4.95. The summed E-state index contributed by atoms with van der Waals surface area (Å²) in [5.41, 5.74) is 0.549. The predicted octanol–water partition coefficient (Wildman–Crippen LogP) is 1.28. The van der Waals surface area contributed by atoms with Gasteiger partial charge in [-0.3, -0.25) is 4.79 Å². The quantitative estimate of drug-likeness (QED) is 0.800. The summed E-state index contributed by atoms with van der Waals surface area (Å²) < 4.78 is 6.10. The highest BCUT2D eigenvalue weighted by Crippen LogP contribution is 2.20. The molecule has 1 aliphatic heterocycles. The number of carboxylic acids is 1. The smallest absolute Gasteiger partial charge is 0.328 e. The van der Waals surface area contributed by atoms with Gasteiger partial charge in [0.1, 0.15) is 0 Å². The van der Waals surface area contributed by atoms with Gasteiger partial charge in [0.25, 0.3) is 5.91 Å². The molecule has 0 saturated carbocycles. The lowest BCUT2D eigenvalue weighted by atomic mass is 10.2. The van der Waals surface area contributed by atoms with Gasteiger partial charge < -0.3 is 14.7 Å². The molecule has 2 heterocycles. The number of amides is 1. The molecule has 1 aromatic rings. The normalized spacial score (nSPS) is 20.3. The minimum Gasteiger partial charge on any atom is -0.480 e. The summed E-state index contributed by atoms with van der Waals surface area (Å²) in [6.07, 6.45) is 0. The number of nitrogens with zero attached hydrogens (tertiary/aromatic N) is 1. The van der Waals surface area contributed by atoms with Crippen LogP contribution < -0.4 is 0 Å². The number of halogens is 1. The SMILES string of the molecule is O=C(O)C1COCCN1C(=O)c1csc(I)c1. The second-order valence-corrected chi connectivity index (χ2v) is 6.37. The highest BCUT2D eigenvalue weighted by Gasteiger charge is 2.33. The Kier molecular flexibility index (Phi) is 4.00. The molecule has 92 valence electrons. The molecule has 1 aromatic heterocycles. The number of ether oxygens (including phenoxy) is 1. The molecule has 1 amide bonds. The van der Waals surface area contributed by atoms with E-state index in [9.17, 15) is 9.59 Å². The molecule has 1 fully saturated rings. The maximum absolute atomic E-state index is 12.1. The van der Waals surface area contributed by atoms with Crippen LogP contribution in [-0.2, 0) is 9.53 Å². The van der Waals surface area contributed by atoms with Crippen LogP contribution in [0.3, 0.4) is 0 Å². The molecule has 1 unspecified atom stereocenters. The van der Waals surface area contributed by atoms with Crippen molar-refractivity contribution in [2.75, 3.05) is 19.8 Å². The Morgan fingerprint density at radius 3 is 2.94 bits per heavy atom. The largest absolute Gasteiger partial charge is 0.480 e. The van der Waals surface area contributed by atoms with E-state index in [1.54, 1.807) is 11.4 Å². The van der Waals surface area contributed by atoms with Gasteiger partial charge in [0, 0.05) is 11.9 Å². The van der Waals surface area contributed by atoms with Gasteiger partial charge in [-0.2, -0.15) is 0 Å². The van der Waals surface area contributed by atoms with E-state index < -0.39 is 12.0 Å². The highest BCUT2D eigenvalue weighted by atomic mass is 127. The third kappa shape index (κ3) is 2.78. The van der Waals surface area contributed by atoms with Crippen LogP contribution in [0.15, 0.2) is 11.4 Å². The van der Waals surface area contributed by atoms with Crippen LogP contribution in [0.4, 0.5) is 0 Å². The maximum Gasteiger partial charge on any atom is 0.328 e. The van der Waals surface area contributed by atoms with Crippen molar-refractivity contribution in [1.82, 2.24) is 4.90 Å². The number of thiophene rings is 1. The lowest BCUT2D eigenvalue weighted by molar-refractivity contribution is -0.147. The number of hydrogen-bond acceptors (Lipinski definition) is 4. The second-order valence-electron chi connectivity index (χ2n) is 3.57. The number of carbonyl (C=O) groups is 2. The van der Waals surface area contributed by atoms with E-state index in [1.165, 1.54) is 16.2 Å². The van der Waals surface area contributed by atoms with Gasteiger partial charge in [0.15, 0.2) is 6.04 Å². The minimum absolute atomic E-state index is 0.0578. The molecule has 0 bridgehead atoms. The summed E-state index contributed by atoms with van der Waals surface area (Å²) in [5, 5.41) is 10.8. The number of aliphatic carboxylic acids is 1. The Bertz CT molecular complexity index is 447. The number of morpholine rings is 1. The molecule has 2 rings (SSSR count). The second kappa shape index (κ2) is 5.32. The summed E-state index contributed by atoms with van der Waals surface area (Å²) in [6, 6.07) is 0.885. The fraction of sp³-hybridized carbons (Fsp3) is 0.400. The topological polar surface area (TPSA) is 66.8 Å². The molecule has 17 heavy (non-hydrogen) atoms. The van der Waals surface area contributed by atoms with Crippen molar-refractivity contribution in [2.24, 2.45) is 0 Å². The Hall–Kier alpha value is -0.670. The van der Waals surface area contributed by atoms with Crippen LogP contribution in [0.2, 0.25) is 0 Å². The number of rotatable bonds is 2. The van der Waals surface area contributed by atoms with Crippen LogP contribution in [0, 0.1) is 2.88 Å². The number of carbonyl (C=O) groups excluding carboxylic acids is 1. The summed E-state index contributed by atoms with van der Waals surface area (Å²) in [7, 11) is 0. The zero-order valence-corrected chi connectivity index (χ0v) is 11.7. The van der Waals surface area contributed by atoms with E-state index in [-0.39, 0.29) is 12.5 Å². The van der Waals surface area contributed by atoms with Gasteiger partial charge in [0.05, 0.1) is 21.7 Å². The Morgan fingerprint density at radius 2 is 2.35 bits per heavy atom. The van der Waals surface area contributed by atoms with Crippen molar-refractivity contribution in [2.45, 2.75) is 6.04 Å². The molecular formula is C10H10INO4S. The van der Waals surface area contributed by atoms with Gasteiger partial charge in [-0.15, -0.1) is 11.3 Å². The molecule has 1 N–H and O–H groups in total. The molecule has 0 aliphatic carbocycles. The van der Waals surface area contributed by atoms with E-state index in [2.05, 4.69) is 22.6 Å². The van der Waals surface area contributed by atoms with E-state index in [1.807, 2.05) is 0 Å². The molecule has 5 nitrogen and oxygen atoms in total. The number of hydrogen-bond donors (Lipinski definition) is 1. The molecule has 0 aromatic carbocycles. The molecule has 1 atom stereocenters. The zero-order chi connectivity index (χ0) is 12.4. The zero-order valence-electron chi connectivity index (χ0n) is 8.76. The van der Waals surface area contributed by atoms with Crippen LogP contribution in [-0.4, -0.2) is 47.7 Å². The third-order valence-corrected chi connectivity index (χ3v) is 4.28. The van der Waals surface area contributed by atoms with Crippen molar-refractivity contribution >= 4 is 45.8 Å². The fourth-order valence-electron chi connectivity index (χ4n) is 1.64. The first kappa shape index (κ1) is 12.8. The van der Waals surface area contributed by atoms with E-state index in [4.69, 9.17) is 9.84 Å². The summed E-state index contributed by atoms with van der Waals surface area (Å²) >= 11 is 3.60. The molecule has 0 radical (unpaired) electrons. The molecule has 0 spiro atoms. The van der Waals surface area contributed by atoms with Gasteiger partial charge in [-0.25, -0.2) is 4.79 Å². The van der Waals surface area contributed by atoms with Gasteiger partial charge >= 0.3 is 5.97 Å². The van der Waals surface area contributed by atoms with Gasteiger partial charge in [0.2, 0.25) is 0 Å². The monoisotopic (exact) mass is 367 g/mol. The Balaban J connectivity index is 2.19. The standard InChI is InChI=1S/C10H10INO4S/c11-8-3-6(5-17-8)9(13)12-1-2-16-4-7(12)10(14)15/h3,5,7H,1-2,4H2,(H,14,15). The average Bonchev–Trinajstić information content (AvgIpc) is 2.75. The van der Waals surface area contributed by atoms with Gasteiger partial charge in [-0.05, 0) is 28.7 Å². The Labute approximate surface area is 116 Å². The molecule has 1 saturated heterocycles. The van der Waals surface area contributed by atoms with Crippen LogP contribution in [0.5, 0.6) is 0 Å². The van der Waals surface area contributed by atoms with E-state index in [0.29, 0.717) is 18.7 Å². The average molecular weight is 367 g/mol. The summed E-state index contributed by atoms with van der Waals surface area (Å²) in [6.45, 7) is 0.765. The van der Waals surface area contributed by atoms with Crippen molar-refractivity contribution in [3.63, 3.8) is 0 Å². The lowest BCUT2D eigenvalue weighted by Crippen LogP contribution is -2.52. The lowest BCUT2D eigenvalue weighted by Gasteiger charge is -2.32. The summed E-state index contributed by atoms with van der Waals surface area (Å²) in [4.78, 5) is 24.5. The first-order valence-corrected chi connectivity index (χ1v) is 6.91.